The lowest BCUT2D eigenvalue weighted by atomic mass is 9.96. The monoisotopic (exact) mass is 437 g/mol. The van der Waals surface area contributed by atoms with Crippen molar-refractivity contribution in [2.45, 2.75) is 129 Å². The van der Waals surface area contributed by atoms with E-state index in [1.54, 1.807) is 5.56 Å². The molecule has 30 heavy (non-hydrogen) atoms. The van der Waals surface area contributed by atoms with Crippen molar-refractivity contribution in [1.29, 1.82) is 0 Å². The van der Waals surface area contributed by atoms with Gasteiger partial charge in [-0.1, -0.05) is 128 Å². The summed E-state index contributed by atoms with van der Waals surface area (Å²) in [7, 11) is 4.35. The molecule has 0 bridgehead atoms. The van der Waals surface area contributed by atoms with Gasteiger partial charge in [0.25, 0.3) is 0 Å². The van der Waals surface area contributed by atoms with Crippen LogP contribution < -0.4 is 0 Å². The predicted molar refractivity (Wildman–Crippen MR) is 139 cm³/mol. The second-order valence-corrected chi connectivity index (χ2v) is 9.39. The quantitative estimate of drug-likeness (QED) is 0.195. The number of nitrogens with zero attached hydrogens (tertiary/aromatic N) is 1. The molecule has 1 atom stereocenters. The van der Waals surface area contributed by atoms with E-state index in [0.29, 0.717) is 6.04 Å². The third-order valence-electron chi connectivity index (χ3n) is 6.58. The van der Waals surface area contributed by atoms with Crippen LogP contribution >= 0.6 is 12.4 Å². The first-order valence-corrected chi connectivity index (χ1v) is 12.9. The van der Waals surface area contributed by atoms with Gasteiger partial charge in [0.1, 0.15) is 0 Å². The van der Waals surface area contributed by atoms with Gasteiger partial charge < -0.3 is 4.90 Å². The molecule has 1 aromatic carbocycles. The molecule has 0 aliphatic carbocycles. The van der Waals surface area contributed by atoms with E-state index in [0.717, 1.165) is 0 Å². The van der Waals surface area contributed by atoms with E-state index < -0.39 is 0 Å². The van der Waals surface area contributed by atoms with Crippen molar-refractivity contribution in [1.82, 2.24) is 4.90 Å². The van der Waals surface area contributed by atoms with Crippen molar-refractivity contribution < 1.29 is 0 Å². The summed E-state index contributed by atoms with van der Waals surface area (Å²) in [4.78, 5) is 2.31. The van der Waals surface area contributed by atoms with Crippen LogP contribution in [0.5, 0.6) is 0 Å². The maximum Gasteiger partial charge on any atom is 0.0316 e. The summed E-state index contributed by atoms with van der Waals surface area (Å²) in [6.45, 7) is 4.61. The molecule has 176 valence electrons. The molecule has 0 saturated heterocycles. The second kappa shape index (κ2) is 20.4. The molecule has 0 aliphatic heterocycles. The van der Waals surface area contributed by atoms with Gasteiger partial charge in [-0.25, -0.2) is 0 Å². The Kier molecular flexibility index (Phi) is 20.0. The first-order chi connectivity index (χ1) is 14.2. The Morgan fingerprint density at radius 1 is 0.633 bits per heavy atom. The molecule has 1 rings (SSSR count). The summed E-state index contributed by atoms with van der Waals surface area (Å²) < 4.78 is 0. The van der Waals surface area contributed by atoms with E-state index >= 15 is 0 Å². The fraction of sp³-hybridized carbons (Fsp3) is 0.786. The van der Waals surface area contributed by atoms with Gasteiger partial charge in [-0.05, 0) is 45.0 Å². The lowest BCUT2D eigenvalue weighted by molar-refractivity contribution is 0.319. The van der Waals surface area contributed by atoms with Gasteiger partial charge in [-0.3, -0.25) is 0 Å². The minimum Gasteiger partial charge on any atom is -0.303 e. The molecule has 0 radical (unpaired) electrons. The minimum absolute atomic E-state index is 0. The van der Waals surface area contributed by atoms with Crippen LogP contribution in [0.1, 0.15) is 134 Å². The molecule has 1 aromatic rings. The Balaban J connectivity index is 0.00000841. The maximum atomic E-state index is 2.33. The predicted octanol–water partition coefficient (Wildman–Crippen LogP) is 9.53. The summed E-state index contributed by atoms with van der Waals surface area (Å²) in [5.41, 5.74) is 3.07. The smallest absolute Gasteiger partial charge is 0.0316 e. The molecular formula is C28H52ClN. The Morgan fingerprint density at radius 3 is 1.47 bits per heavy atom. The molecule has 1 nitrogen and oxygen atoms in total. The van der Waals surface area contributed by atoms with E-state index in [9.17, 15) is 0 Å². The van der Waals surface area contributed by atoms with Crippen LogP contribution in [0.25, 0.3) is 0 Å². The average molecular weight is 438 g/mol. The number of hydrogen-bond acceptors (Lipinski definition) is 1. The molecular weight excluding hydrogens is 386 g/mol. The van der Waals surface area contributed by atoms with Crippen molar-refractivity contribution >= 4 is 12.4 Å². The molecule has 2 heteroatoms. The highest BCUT2D eigenvalue weighted by molar-refractivity contribution is 5.85. The second-order valence-electron chi connectivity index (χ2n) is 9.39. The van der Waals surface area contributed by atoms with Crippen LogP contribution in [-0.2, 0) is 6.42 Å². The Morgan fingerprint density at radius 2 is 1.03 bits per heavy atom. The summed E-state index contributed by atoms with van der Waals surface area (Å²) in [5, 5.41) is 0. The topological polar surface area (TPSA) is 3.24 Å². The summed E-state index contributed by atoms with van der Waals surface area (Å²) >= 11 is 0. The fourth-order valence-corrected chi connectivity index (χ4v) is 4.31. The lowest BCUT2D eigenvalue weighted by Crippen LogP contribution is -2.18. The van der Waals surface area contributed by atoms with Crippen molar-refractivity contribution in [3.63, 3.8) is 0 Å². The Labute approximate surface area is 195 Å². The standard InChI is InChI=1S/C28H51N.ClH/c1-5-6-7-8-9-10-11-12-13-14-15-16-17-18-19-20-23-27-24-21-22-25-28(27)26(2)29(3)4;/h21-22,24-26H,5-20,23H2,1-4H3;1H. The molecule has 1 unspecified atom stereocenters. The van der Waals surface area contributed by atoms with Crippen LogP contribution in [0.3, 0.4) is 0 Å². The highest BCUT2D eigenvalue weighted by Crippen LogP contribution is 2.23. The lowest BCUT2D eigenvalue weighted by Gasteiger charge is -2.23. The molecule has 0 spiro atoms. The first kappa shape index (κ1) is 29.5. The van der Waals surface area contributed by atoms with Crippen LogP contribution in [0, 0.1) is 0 Å². The van der Waals surface area contributed by atoms with Gasteiger partial charge in [0.15, 0.2) is 0 Å². The zero-order valence-electron chi connectivity index (χ0n) is 20.8. The molecule has 0 heterocycles. The number of halogens is 1. The van der Waals surface area contributed by atoms with Gasteiger partial charge in [0, 0.05) is 6.04 Å². The molecule has 0 aromatic heterocycles. The summed E-state index contributed by atoms with van der Waals surface area (Å²) in [6, 6.07) is 9.54. The van der Waals surface area contributed by atoms with Crippen molar-refractivity contribution in [2.24, 2.45) is 0 Å². The molecule has 0 aliphatic rings. The van der Waals surface area contributed by atoms with E-state index in [1.807, 2.05) is 0 Å². The third kappa shape index (κ3) is 14.5. The van der Waals surface area contributed by atoms with E-state index in [4.69, 9.17) is 0 Å². The Bertz CT molecular complexity index is 485. The van der Waals surface area contributed by atoms with E-state index in [2.05, 4.69) is 57.1 Å². The molecule has 0 fully saturated rings. The number of rotatable bonds is 19. The number of unbranched alkanes of at least 4 members (excludes halogenated alkanes) is 15. The number of aryl methyl sites for hydroxylation is 1. The highest BCUT2D eigenvalue weighted by Gasteiger charge is 2.11. The van der Waals surface area contributed by atoms with Crippen molar-refractivity contribution in [2.75, 3.05) is 14.1 Å². The van der Waals surface area contributed by atoms with Crippen LogP contribution in [0.4, 0.5) is 0 Å². The van der Waals surface area contributed by atoms with E-state index in [1.165, 1.54) is 115 Å². The molecule has 0 saturated carbocycles. The minimum atomic E-state index is 0. The normalized spacial score (nSPS) is 12.2. The van der Waals surface area contributed by atoms with Crippen molar-refractivity contribution in [3.8, 4) is 0 Å². The zero-order chi connectivity index (χ0) is 21.2. The zero-order valence-corrected chi connectivity index (χ0v) is 21.6. The maximum absolute atomic E-state index is 2.33. The third-order valence-corrected chi connectivity index (χ3v) is 6.58. The molecule has 0 amide bonds. The highest BCUT2D eigenvalue weighted by atomic mass is 35.5. The summed E-state index contributed by atoms with van der Waals surface area (Å²) in [6.07, 6.45) is 24.3. The fourth-order valence-electron chi connectivity index (χ4n) is 4.31. The SMILES string of the molecule is CCCCCCCCCCCCCCCCCCc1ccccc1C(C)N(C)C.Cl. The van der Waals surface area contributed by atoms with Crippen LogP contribution in [0.2, 0.25) is 0 Å². The van der Waals surface area contributed by atoms with Gasteiger partial charge in [-0.2, -0.15) is 0 Å². The Hall–Kier alpha value is -0.530. The van der Waals surface area contributed by atoms with Gasteiger partial charge in [0.05, 0.1) is 0 Å². The largest absolute Gasteiger partial charge is 0.303 e. The number of benzene rings is 1. The summed E-state index contributed by atoms with van der Waals surface area (Å²) in [5.74, 6) is 0. The van der Waals surface area contributed by atoms with Crippen molar-refractivity contribution in [3.05, 3.63) is 35.4 Å². The number of hydrogen-bond donors (Lipinski definition) is 0. The van der Waals surface area contributed by atoms with Gasteiger partial charge in [-0.15, -0.1) is 12.4 Å². The molecule has 0 N–H and O–H groups in total. The van der Waals surface area contributed by atoms with Crippen LogP contribution in [-0.4, -0.2) is 19.0 Å². The van der Waals surface area contributed by atoms with E-state index in [-0.39, 0.29) is 12.4 Å². The van der Waals surface area contributed by atoms with Gasteiger partial charge >= 0.3 is 0 Å². The van der Waals surface area contributed by atoms with Crippen LogP contribution in [0.15, 0.2) is 24.3 Å². The first-order valence-electron chi connectivity index (χ1n) is 12.9. The van der Waals surface area contributed by atoms with Gasteiger partial charge in [0.2, 0.25) is 0 Å². The average Bonchev–Trinajstić information content (AvgIpc) is 2.73.